The summed E-state index contributed by atoms with van der Waals surface area (Å²) in [5.74, 6) is -3.40. The molecule has 0 aliphatic heterocycles. The summed E-state index contributed by atoms with van der Waals surface area (Å²) in [4.78, 5) is 65.5. The van der Waals surface area contributed by atoms with Crippen molar-refractivity contribution in [1.82, 2.24) is 0 Å². The molecule has 0 heterocycles. The van der Waals surface area contributed by atoms with Crippen LogP contribution in [0.1, 0.15) is 43.1 Å². The molecule has 0 aliphatic carbocycles. The van der Waals surface area contributed by atoms with Crippen LogP contribution in [0.5, 0.6) is 11.5 Å². The van der Waals surface area contributed by atoms with E-state index in [2.05, 4.69) is 42.5 Å². The van der Waals surface area contributed by atoms with Crippen molar-refractivity contribution in [3.63, 3.8) is 0 Å². The summed E-state index contributed by atoms with van der Waals surface area (Å²) in [7, 11) is 3.12. The van der Waals surface area contributed by atoms with E-state index in [9.17, 15) is 28.8 Å². The van der Waals surface area contributed by atoms with E-state index in [-0.39, 0.29) is 22.5 Å². The Morgan fingerprint density at radius 3 is 1.60 bits per heavy atom. The number of rotatable bonds is 11. The average molecular weight is 814 g/mol. The van der Waals surface area contributed by atoms with E-state index in [1.807, 2.05) is 12.1 Å². The van der Waals surface area contributed by atoms with Gasteiger partial charge in [0.1, 0.15) is 24.2 Å². The second-order valence-corrected chi connectivity index (χ2v) is 11.3. The molecule has 0 bridgehead atoms. The number of nitrogens with one attached hydrogen (secondary N) is 2. The smallest absolute Gasteiger partial charge is 0.337 e. The molecule has 15 heteroatoms. The normalized spacial score (nSPS) is 9.92. The number of benzene rings is 4. The Balaban J connectivity index is 0.000000279. The molecule has 2 amide bonds. The Labute approximate surface area is 302 Å². The first kappa shape index (κ1) is 40.4. The van der Waals surface area contributed by atoms with Gasteiger partial charge in [-0.05, 0) is 92.0 Å². The first-order valence-electron chi connectivity index (χ1n) is 14.1. The maximum atomic E-state index is 12.0. The van der Waals surface area contributed by atoms with E-state index in [1.54, 1.807) is 62.8 Å². The Kier molecular flexibility index (Phi) is 16.6. The lowest BCUT2D eigenvalue weighted by molar-refractivity contribution is -0.139. The zero-order valence-electron chi connectivity index (χ0n) is 26.4. The number of carboxylic acid groups (broad SMARTS) is 3. The van der Waals surface area contributed by atoms with Crippen molar-refractivity contribution in [3.8, 4) is 11.5 Å². The highest BCUT2D eigenvalue weighted by Gasteiger charge is 2.13. The van der Waals surface area contributed by atoms with Gasteiger partial charge in [-0.2, -0.15) is 0 Å². The number of ether oxygens (including phenoxy) is 2. The average Bonchev–Trinajstić information content (AvgIpc) is 3.08. The highest BCUT2D eigenvalue weighted by Crippen LogP contribution is 2.26. The Bertz CT molecular complexity index is 1890. The molecule has 4 aromatic rings. The number of halogens is 2. The van der Waals surface area contributed by atoms with Gasteiger partial charge in [-0.1, -0.05) is 36.4 Å². The largest absolute Gasteiger partial charge is 0.496 e. The molecular weight excluding hydrogens is 784 g/mol. The number of carbonyl (C=O) groups is 6. The van der Waals surface area contributed by atoms with Gasteiger partial charge in [0.2, 0.25) is 11.8 Å². The summed E-state index contributed by atoms with van der Waals surface area (Å²) < 4.78 is 11.8. The fourth-order valence-corrected chi connectivity index (χ4v) is 4.58. The summed E-state index contributed by atoms with van der Waals surface area (Å²) in [6.07, 6.45) is 3.04. The van der Waals surface area contributed by atoms with Crippen LogP contribution in [-0.2, 0) is 14.4 Å². The molecule has 4 aromatic carbocycles. The molecule has 0 aromatic heterocycles. The molecule has 0 saturated heterocycles. The van der Waals surface area contributed by atoms with E-state index in [0.29, 0.717) is 17.1 Å². The molecule has 0 unspecified atom stereocenters. The summed E-state index contributed by atoms with van der Waals surface area (Å²) in [6.45, 7) is 0. The van der Waals surface area contributed by atoms with Gasteiger partial charge in [0.05, 0.1) is 45.7 Å². The fourth-order valence-electron chi connectivity index (χ4n) is 3.77. The third-order valence-corrected chi connectivity index (χ3v) is 7.38. The number of carboxylic acids is 3. The van der Waals surface area contributed by atoms with Crippen LogP contribution in [0.15, 0.2) is 100.0 Å². The van der Waals surface area contributed by atoms with Crippen LogP contribution in [0.4, 0.5) is 11.4 Å². The quantitative estimate of drug-likeness (QED) is 0.0600. The maximum Gasteiger partial charge on any atom is 0.337 e. The van der Waals surface area contributed by atoms with E-state index in [0.717, 1.165) is 20.8 Å². The van der Waals surface area contributed by atoms with E-state index in [4.69, 9.17) is 24.8 Å². The van der Waals surface area contributed by atoms with Crippen molar-refractivity contribution in [2.75, 3.05) is 24.9 Å². The topological polar surface area (TPSA) is 206 Å². The standard InChI is InChI=1S/C17H14BrNO4.C10H9NO5.C8H7BrO2/c1-23-15-10-11(6-8-13(15)18)7-9-16(20)19-14-5-3-2-4-12(14)17(21)22;12-8(5-9(13)14)11-7-4-2-1-3-6(7)10(15)16;1-11-8-4-6(5-10)2-3-7(8)9/h2-10H,1H3,(H,19,20)(H,21,22);1-4H,5H2,(H,11,12)(H,13,14)(H,15,16);2-5H,1H3/b9-7+;;. The summed E-state index contributed by atoms with van der Waals surface area (Å²) in [5.41, 5.74) is 1.70. The number of methoxy groups -OCH3 is 2. The molecule has 5 N–H and O–H groups in total. The van der Waals surface area contributed by atoms with E-state index < -0.39 is 36.1 Å². The number of carbonyl (C=O) groups excluding carboxylic acids is 3. The number of amides is 2. The third kappa shape index (κ3) is 13.4. The van der Waals surface area contributed by atoms with Gasteiger partial charge in [-0.3, -0.25) is 19.2 Å². The lowest BCUT2D eigenvalue weighted by atomic mass is 10.1. The number of hydrogen-bond acceptors (Lipinski definition) is 8. The molecule has 260 valence electrons. The first-order valence-corrected chi connectivity index (χ1v) is 15.7. The van der Waals surface area contributed by atoms with Crippen LogP contribution in [0.2, 0.25) is 0 Å². The van der Waals surface area contributed by atoms with Crippen LogP contribution >= 0.6 is 31.9 Å². The summed E-state index contributed by atoms with van der Waals surface area (Å²) >= 11 is 6.63. The number of aliphatic carboxylic acids is 1. The predicted molar refractivity (Wildman–Crippen MR) is 192 cm³/mol. The minimum Gasteiger partial charge on any atom is -0.496 e. The van der Waals surface area contributed by atoms with Crippen molar-refractivity contribution in [2.24, 2.45) is 0 Å². The van der Waals surface area contributed by atoms with Crippen molar-refractivity contribution < 1.29 is 53.6 Å². The lowest BCUT2D eigenvalue weighted by Crippen LogP contribution is -2.17. The van der Waals surface area contributed by atoms with Crippen molar-refractivity contribution in [3.05, 3.63) is 122 Å². The minimum absolute atomic E-state index is 0.0413. The molecule has 0 spiro atoms. The molecule has 0 aliphatic rings. The highest BCUT2D eigenvalue weighted by molar-refractivity contribution is 9.10. The predicted octanol–water partition coefficient (Wildman–Crippen LogP) is 6.88. The van der Waals surface area contributed by atoms with E-state index >= 15 is 0 Å². The van der Waals surface area contributed by atoms with Crippen LogP contribution < -0.4 is 20.1 Å². The first-order chi connectivity index (χ1) is 23.8. The number of hydrogen-bond donors (Lipinski definition) is 5. The second kappa shape index (κ2) is 20.5. The Morgan fingerprint density at radius 1 is 0.680 bits per heavy atom. The van der Waals surface area contributed by atoms with Crippen LogP contribution in [-0.4, -0.2) is 65.5 Å². The zero-order valence-corrected chi connectivity index (χ0v) is 29.6. The fraction of sp³-hybridized carbons (Fsp3) is 0.0857. The Morgan fingerprint density at radius 2 is 1.14 bits per heavy atom. The molecule has 0 atom stereocenters. The van der Waals surface area contributed by atoms with Crippen molar-refractivity contribution >= 4 is 85.3 Å². The zero-order chi connectivity index (χ0) is 37.2. The van der Waals surface area contributed by atoms with Gasteiger partial charge >= 0.3 is 17.9 Å². The third-order valence-electron chi connectivity index (χ3n) is 6.07. The molecule has 0 fully saturated rings. The molecule has 0 saturated carbocycles. The van der Waals surface area contributed by atoms with Gasteiger partial charge in [-0.15, -0.1) is 0 Å². The molecule has 50 heavy (non-hydrogen) atoms. The number of anilines is 2. The monoisotopic (exact) mass is 812 g/mol. The lowest BCUT2D eigenvalue weighted by Gasteiger charge is -2.06. The number of para-hydroxylation sites is 2. The van der Waals surface area contributed by atoms with Gasteiger partial charge in [0, 0.05) is 11.6 Å². The molecular formula is C35H30Br2N2O11. The molecule has 4 rings (SSSR count). The maximum absolute atomic E-state index is 12.0. The SMILES string of the molecule is COc1cc(/C=C/C(=O)Nc2ccccc2C(=O)O)ccc1Br.COc1cc(C=O)ccc1Br.O=C(O)CC(=O)Nc1ccccc1C(=O)O. The Hall–Kier alpha value is -5.80. The summed E-state index contributed by atoms with van der Waals surface area (Å²) in [6, 6.07) is 22.6. The van der Waals surface area contributed by atoms with Gasteiger partial charge in [-0.25, -0.2) is 9.59 Å². The molecule has 0 radical (unpaired) electrons. The van der Waals surface area contributed by atoms with Crippen molar-refractivity contribution in [1.29, 1.82) is 0 Å². The van der Waals surface area contributed by atoms with Crippen LogP contribution in [0.3, 0.4) is 0 Å². The molecule has 13 nitrogen and oxygen atoms in total. The van der Waals surface area contributed by atoms with Gasteiger partial charge in [0.15, 0.2) is 0 Å². The van der Waals surface area contributed by atoms with Gasteiger partial charge < -0.3 is 35.4 Å². The van der Waals surface area contributed by atoms with E-state index in [1.165, 1.54) is 36.4 Å². The van der Waals surface area contributed by atoms with Crippen LogP contribution in [0.25, 0.3) is 6.08 Å². The highest BCUT2D eigenvalue weighted by atomic mass is 79.9. The number of aldehydes is 1. The summed E-state index contributed by atoms with van der Waals surface area (Å²) in [5, 5.41) is 31.0. The second-order valence-electron chi connectivity index (χ2n) is 9.55. The van der Waals surface area contributed by atoms with Crippen molar-refractivity contribution in [2.45, 2.75) is 6.42 Å². The van der Waals surface area contributed by atoms with Gasteiger partial charge in [0.25, 0.3) is 0 Å². The minimum atomic E-state index is -1.27. The van der Waals surface area contributed by atoms with Crippen LogP contribution in [0, 0.1) is 0 Å². The number of aromatic carboxylic acids is 2.